The van der Waals surface area contributed by atoms with Crippen molar-refractivity contribution in [3.05, 3.63) is 57.4 Å². The van der Waals surface area contributed by atoms with Crippen molar-refractivity contribution in [3.63, 3.8) is 0 Å². The Morgan fingerprint density at radius 3 is 2.43 bits per heavy atom. The van der Waals surface area contributed by atoms with E-state index >= 15 is 0 Å². The van der Waals surface area contributed by atoms with Crippen LogP contribution in [-0.2, 0) is 0 Å². The molecule has 4 rings (SSSR count). The predicted octanol–water partition coefficient (Wildman–Crippen LogP) is 5.91. The van der Waals surface area contributed by atoms with Crippen molar-refractivity contribution in [2.24, 2.45) is 0 Å². The number of hydrogen-bond donors (Lipinski definition) is 1. The van der Waals surface area contributed by atoms with Gasteiger partial charge in [0.15, 0.2) is 5.13 Å². The topological polar surface area (TPSA) is 42.0 Å². The first kappa shape index (κ1) is 14.8. The smallest absolute Gasteiger partial charge is 0.258 e. The van der Waals surface area contributed by atoms with Gasteiger partial charge in [-0.15, -0.1) is 22.7 Å². The molecule has 0 fully saturated rings. The first-order valence-electron chi connectivity index (χ1n) is 6.73. The van der Waals surface area contributed by atoms with Gasteiger partial charge in [0.25, 0.3) is 5.91 Å². The van der Waals surface area contributed by atoms with E-state index in [2.05, 4.69) is 27.8 Å². The highest BCUT2D eigenvalue weighted by molar-refractivity contribution is 7.24. The predicted molar refractivity (Wildman–Crippen MR) is 101 cm³/mol. The minimum atomic E-state index is -0.115. The summed E-state index contributed by atoms with van der Waals surface area (Å²) in [6, 6.07) is 10.00. The maximum absolute atomic E-state index is 12.2. The standard InChI is InChI=1S/C16H10N2OS4/c19-15(10-5-8-20-9-10)18-16-17-13(11-3-1-6-21-11)14(23-16)12-4-2-7-22-12/h1-9H,(H,17,18,19). The molecule has 0 spiro atoms. The summed E-state index contributed by atoms with van der Waals surface area (Å²) in [5.41, 5.74) is 1.61. The lowest BCUT2D eigenvalue weighted by Gasteiger charge is -1.97. The molecule has 23 heavy (non-hydrogen) atoms. The van der Waals surface area contributed by atoms with Gasteiger partial charge in [0, 0.05) is 10.3 Å². The van der Waals surface area contributed by atoms with E-state index in [0.717, 1.165) is 15.4 Å². The fraction of sp³-hybridized carbons (Fsp3) is 0. The molecular weight excluding hydrogens is 364 g/mol. The van der Waals surface area contributed by atoms with Crippen molar-refractivity contribution in [2.45, 2.75) is 0 Å². The van der Waals surface area contributed by atoms with Crippen LogP contribution in [0.3, 0.4) is 0 Å². The van der Waals surface area contributed by atoms with Crippen LogP contribution in [0.1, 0.15) is 10.4 Å². The average Bonchev–Trinajstić information content (AvgIpc) is 3.30. The molecule has 114 valence electrons. The lowest BCUT2D eigenvalue weighted by Crippen LogP contribution is -2.10. The van der Waals surface area contributed by atoms with E-state index in [9.17, 15) is 4.79 Å². The molecule has 0 aromatic carbocycles. The lowest BCUT2D eigenvalue weighted by atomic mass is 10.3. The van der Waals surface area contributed by atoms with Crippen LogP contribution in [0, 0.1) is 0 Å². The molecule has 3 nitrogen and oxygen atoms in total. The van der Waals surface area contributed by atoms with Crippen LogP contribution in [0.2, 0.25) is 0 Å². The van der Waals surface area contributed by atoms with E-state index in [0.29, 0.717) is 10.7 Å². The summed E-state index contributed by atoms with van der Waals surface area (Å²) in [5.74, 6) is -0.115. The van der Waals surface area contributed by atoms with Gasteiger partial charge >= 0.3 is 0 Å². The first-order valence-corrected chi connectivity index (χ1v) is 10.3. The van der Waals surface area contributed by atoms with Crippen molar-refractivity contribution >= 4 is 56.4 Å². The van der Waals surface area contributed by atoms with Crippen molar-refractivity contribution in [3.8, 4) is 20.3 Å². The Bertz CT molecular complexity index is 854. The van der Waals surface area contributed by atoms with E-state index in [1.165, 1.54) is 27.6 Å². The highest BCUT2D eigenvalue weighted by Gasteiger charge is 2.18. The summed E-state index contributed by atoms with van der Waals surface area (Å²) in [6.07, 6.45) is 0. The Labute approximate surface area is 148 Å². The fourth-order valence-corrected chi connectivity index (χ4v) is 5.34. The molecule has 1 N–H and O–H groups in total. The molecule has 0 radical (unpaired) electrons. The second-order valence-electron chi connectivity index (χ2n) is 4.62. The van der Waals surface area contributed by atoms with Gasteiger partial charge in [0.2, 0.25) is 0 Å². The van der Waals surface area contributed by atoms with Crippen LogP contribution in [0.25, 0.3) is 20.3 Å². The minimum absolute atomic E-state index is 0.115. The molecule has 0 bridgehead atoms. The number of carbonyl (C=O) groups is 1. The Hall–Kier alpha value is -1.80. The van der Waals surface area contributed by atoms with Crippen LogP contribution < -0.4 is 5.32 Å². The molecule has 4 aromatic heterocycles. The average molecular weight is 375 g/mol. The fourth-order valence-electron chi connectivity index (χ4n) is 2.09. The van der Waals surface area contributed by atoms with E-state index in [1.807, 2.05) is 34.3 Å². The van der Waals surface area contributed by atoms with Gasteiger partial charge in [-0.05, 0) is 34.3 Å². The summed E-state index contributed by atoms with van der Waals surface area (Å²) in [5, 5.41) is 11.4. The summed E-state index contributed by atoms with van der Waals surface area (Å²) in [6.45, 7) is 0. The van der Waals surface area contributed by atoms with Crippen LogP contribution in [0.15, 0.2) is 51.9 Å². The summed E-state index contributed by atoms with van der Waals surface area (Å²) >= 11 is 6.36. The molecule has 0 aliphatic heterocycles. The van der Waals surface area contributed by atoms with Crippen LogP contribution in [0.4, 0.5) is 5.13 Å². The van der Waals surface area contributed by atoms with Gasteiger partial charge in [0.05, 0.1) is 15.3 Å². The summed E-state index contributed by atoms with van der Waals surface area (Å²) in [7, 11) is 0. The molecule has 7 heteroatoms. The Kier molecular flexibility index (Phi) is 4.09. The third-order valence-electron chi connectivity index (χ3n) is 3.13. The maximum Gasteiger partial charge on any atom is 0.258 e. The normalized spacial score (nSPS) is 10.8. The highest BCUT2D eigenvalue weighted by Crippen LogP contribution is 2.42. The number of nitrogens with zero attached hydrogens (tertiary/aromatic N) is 1. The Balaban J connectivity index is 1.72. The van der Waals surface area contributed by atoms with Crippen molar-refractivity contribution < 1.29 is 4.79 Å². The number of aromatic nitrogens is 1. The van der Waals surface area contributed by atoms with E-state index in [4.69, 9.17) is 0 Å². The molecule has 0 saturated heterocycles. The van der Waals surface area contributed by atoms with Gasteiger partial charge in [0.1, 0.15) is 5.69 Å². The van der Waals surface area contributed by atoms with Crippen molar-refractivity contribution in [1.29, 1.82) is 0 Å². The molecule has 0 atom stereocenters. The monoisotopic (exact) mass is 374 g/mol. The number of nitrogens with one attached hydrogen (secondary N) is 1. The minimum Gasteiger partial charge on any atom is -0.298 e. The number of hydrogen-bond acceptors (Lipinski definition) is 6. The molecule has 4 aromatic rings. The molecular formula is C16H10N2OS4. The zero-order valence-corrected chi connectivity index (χ0v) is 15.0. The number of thiazole rings is 1. The summed E-state index contributed by atoms with van der Waals surface area (Å²) in [4.78, 5) is 20.3. The van der Waals surface area contributed by atoms with Crippen LogP contribution in [0.5, 0.6) is 0 Å². The quantitative estimate of drug-likeness (QED) is 0.482. The van der Waals surface area contributed by atoms with Gasteiger partial charge in [-0.25, -0.2) is 4.98 Å². The number of carbonyl (C=O) groups excluding carboxylic acids is 1. The Morgan fingerprint density at radius 2 is 1.78 bits per heavy atom. The molecule has 0 unspecified atom stereocenters. The third-order valence-corrected chi connectivity index (χ3v) is 6.71. The van der Waals surface area contributed by atoms with Gasteiger partial charge in [-0.3, -0.25) is 10.1 Å². The SMILES string of the molecule is O=C(Nc1nc(-c2cccs2)c(-c2cccs2)s1)c1ccsc1. The molecule has 0 saturated carbocycles. The number of rotatable bonds is 4. The zero-order valence-electron chi connectivity index (χ0n) is 11.7. The van der Waals surface area contributed by atoms with Crippen LogP contribution >= 0.6 is 45.3 Å². The number of amides is 1. The van der Waals surface area contributed by atoms with Gasteiger partial charge in [-0.1, -0.05) is 23.5 Å². The van der Waals surface area contributed by atoms with E-state index in [1.54, 1.807) is 22.7 Å². The summed E-state index contributed by atoms with van der Waals surface area (Å²) < 4.78 is 0. The van der Waals surface area contributed by atoms with Gasteiger partial charge < -0.3 is 0 Å². The second kappa shape index (κ2) is 6.37. The van der Waals surface area contributed by atoms with E-state index < -0.39 is 0 Å². The molecule has 4 heterocycles. The lowest BCUT2D eigenvalue weighted by molar-refractivity contribution is 0.102. The number of thiophene rings is 3. The number of anilines is 1. The van der Waals surface area contributed by atoms with E-state index in [-0.39, 0.29) is 5.91 Å². The first-order chi connectivity index (χ1) is 11.3. The largest absolute Gasteiger partial charge is 0.298 e. The van der Waals surface area contributed by atoms with Crippen molar-refractivity contribution in [2.75, 3.05) is 5.32 Å². The van der Waals surface area contributed by atoms with Crippen molar-refractivity contribution in [1.82, 2.24) is 4.98 Å². The molecule has 0 aliphatic rings. The van der Waals surface area contributed by atoms with Crippen LogP contribution in [-0.4, -0.2) is 10.9 Å². The highest BCUT2D eigenvalue weighted by atomic mass is 32.1. The molecule has 1 amide bonds. The van der Waals surface area contributed by atoms with Gasteiger partial charge in [-0.2, -0.15) is 11.3 Å². The zero-order chi connectivity index (χ0) is 15.6. The maximum atomic E-state index is 12.2. The molecule has 0 aliphatic carbocycles. The second-order valence-corrected chi connectivity index (χ2v) is 8.29. The third kappa shape index (κ3) is 3.00. The Morgan fingerprint density at radius 1 is 1.00 bits per heavy atom.